The molecule has 2 aromatic rings. The van der Waals surface area contributed by atoms with Crippen molar-refractivity contribution in [2.45, 2.75) is 0 Å². The van der Waals surface area contributed by atoms with Gasteiger partial charge in [0.15, 0.2) is 18.1 Å². The summed E-state index contributed by atoms with van der Waals surface area (Å²) >= 11 is 5.73. The van der Waals surface area contributed by atoms with Gasteiger partial charge in [-0.15, -0.1) is 0 Å². The van der Waals surface area contributed by atoms with Gasteiger partial charge in [0.1, 0.15) is 16.7 Å². The highest BCUT2D eigenvalue weighted by molar-refractivity contribution is 6.32. The maximum absolute atomic E-state index is 12.4. The van der Waals surface area contributed by atoms with Gasteiger partial charge in [-0.05, 0) is 35.9 Å². The van der Waals surface area contributed by atoms with E-state index in [4.69, 9.17) is 26.2 Å². The monoisotopic (exact) mass is 431 g/mol. The summed E-state index contributed by atoms with van der Waals surface area (Å²) in [6, 6.07) is 9.83. The molecule has 30 heavy (non-hydrogen) atoms. The van der Waals surface area contributed by atoms with Gasteiger partial charge in [0.05, 0.1) is 12.0 Å². The molecule has 0 saturated heterocycles. The number of ether oxygens (including phenoxy) is 2. The first-order valence-electron chi connectivity index (χ1n) is 8.15. The van der Waals surface area contributed by atoms with Crippen LogP contribution in [0.4, 0.5) is 11.4 Å². The minimum absolute atomic E-state index is 0.0900. The molecule has 0 bridgehead atoms. The summed E-state index contributed by atoms with van der Waals surface area (Å²) in [4.78, 5) is 33.3. The number of carbonyl (C=O) groups is 2. The number of nitro groups is 1. The van der Waals surface area contributed by atoms with Crippen LogP contribution in [0.1, 0.15) is 5.56 Å². The van der Waals surface area contributed by atoms with E-state index in [9.17, 15) is 25.0 Å². The number of aliphatic carboxylic acids is 1. The van der Waals surface area contributed by atoms with Crippen molar-refractivity contribution in [1.82, 2.24) is 0 Å². The van der Waals surface area contributed by atoms with Crippen molar-refractivity contribution in [3.63, 3.8) is 0 Å². The smallest absolute Gasteiger partial charge is 0.341 e. The Morgan fingerprint density at radius 1 is 1.30 bits per heavy atom. The van der Waals surface area contributed by atoms with Crippen LogP contribution < -0.4 is 14.8 Å². The average molecular weight is 432 g/mol. The molecular formula is C19H14ClN3O7. The lowest BCUT2D eigenvalue weighted by molar-refractivity contribution is -0.384. The third-order valence-corrected chi connectivity index (χ3v) is 3.94. The molecule has 1 amide bonds. The third-order valence-electron chi connectivity index (χ3n) is 3.62. The molecule has 2 rings (SSSR count). The molecule has 0 unspecified atom stereocenters. The van der Waals surface area contributed by atoms with Crippen LogP contribution in [0, 0.1) is 21.4 Å². The molecule has 0 aliphatic rings. The van der Waals surface area contributed by atoms with Crippen molar-refractivity contribution >= 4 is 40.9 Å². The number of carboxylic acids is 1. The van der Waals surface area contributed by atoms with Crippen LogP contribution >= 0.6 is 11.6 Å². The normalized spacial score (nSPS) is 10.6. The second-order valence-corrected chi connectivity index (χ2v) is 6.05. The molecular weight excluding hydrogens is 418 g/mol. The Bertz CT molecular complexity index is 1080. The highest BCUT2D eigenvalue weighted by Crippen LogP contribution is 2.30. The summed E-state index contributed by atoms with van der Waals surface area (Å²) in [5, 5.41) is 31.3. The van der Waals surface area contributed by atoms with E-state index in [2.05, 4.69) is 5.32 Å². The van der Waals surface area contributed by atoms with E-state index in [1.165, 1.54) is 43.5 Å². The predicted octanol–water partition coefficient (Wildman–Crippen LogP) is 3.27. The highest BCUT2D eigenvalue weighted by Gasteiger charge is 2.16. The lowest BCUT2D eigenvalue weighted by Gasteiger charge is -2.10. The van der Waals surface area contributed by atoms with Crippen LogP contribution in [-0.4, -0.2) is 35.6 Å². The largest absolute Gasteiger partial charge is 0.493 e. The van der Waals surface area contributed by atoms with Crippen LogP contribution in [0.5, 0.6) is 11.5 Å². The molecule has 0 spiro atoms. The Labute approximate surface area is 175 Å². The van der Waals surface area contributed by atoms with Crippen molar-refractivity contribution < 1.29 is 29.1 Å². The molecule has 11 heteroatoms. The molecule has 10 nitrogen and oxygen atoms in total. The summed E-state index contributed by atoms with van der Waals surface area (Å²) in [5.41, 5.74) is -0.178. The summed E-state index contributed by atoms with van der Waals surface area (Å²) in [7, 11) is 1.35. The number of rotatable bonds is 8. The number of carbonyl (C=O) groups excluding carboxylic acids is 1. The third kappa shape index (κ3) is 5.70. The van der Waals surface area contributed by atoms with Crippen LogP contribution in [0.15, 0.2) is 42.0 Å². The SMILES string of the molecule is COc1cc(/C=C(\C#N)C(=O)Nc2ccc(Cl)c([N+](=O)[O-])c2)ccc1OCC(=O)O. The molecule has 0 aromatic heterocycles. The Balaban J connectivity index is 2.25. The second kappa shape index (κ2) is 9.90. The number of nitrogens with one attached hydrogen (secondary N) is 1. The van der Waals surface area contributed by atoms with Crippen LogP contribution in [0.3, 0.4) is 0 Å². The van der Waals surface area contributed by atoms with Crippen LogP contribution in [0.2, 0.25) is 5.02 Å². The van der Waals surface area contributed by atoms with E-state index < -0.39 is 29.1 Å². The zero-order chi connectivity index (χ0) is 22.3. The first-order chi connectivity index (χ1) is 14.2. The fourth-order valence-corrected chi connectivity index (χ4v) is 2.46. The van der Waals surface area contributed by atoms with E-state index in [-0.39, 0.29) is 27.8 Å². The zero-order valence-electron chi connectivity index (χ0n) is 15.4. The van der Waals surface area contributed by atoms with Gasteiger partial charge in [0.25, 0.3) is 11.6 Å². The van der Waals surface area contributed by atoms with Crippen molar-refractivity contribution in [2.24, 2.45) is 0 Å². The number of methoxy groups -OCH3 is 1. The molecule has 0 atom stereocenters. The summed E-state index contributed by atoms with van der Waals surface area (Å²) in [5.74, 6) is -1.57. The Kier molecular flexibility index (Phi) is 7.32. The van der Waals surface area contributed by atoms with E-state index in [1.807, 2.05) is 0 Å². The van der Waals surface area contributed by atoms with Crippen molar-refractivity contribution in [1.29, 1.82) is 5.26 Å². The summed E-state index contributed by atoms with van der Waals surface area (Å²) < 4.78 is 10.2. The Morgan fingerprint density at radius 3 is 2.63 bits per heavy atom. The number of halogens is 1. The molecule has 0 radical (unpaired) electrons. The number of amides is 1. The molecule has 0 heterocycles. The first-order valence-corrected chi connectivity index (χ1v) is 8.52. The van der Waals surface area contributed by atoms with Gasteiger partial charge in [0.2, 0.25) is 0 Å². The van der Waals surface area contributed by atoms with Gasteiger partial charge in [-0.3, -0.25) is 14.9 Å². The van der Waals surface area contributed by atoms with Crippen molar-refractivity contribution in [3.8, 4) is 17.6 Å². The fraction of sp³-hybridized carbons (Fsp3) is 0.105. The first kappa shape index (κ1) is 22.2. The maximum atomic E-state index is 12.4. The number of hydrogen-bond acceptors (Lipinski definition) is 7. The number of anilines is 1. The van der Waals surface area contributed by atoms with Gasteiger partial charge >= 0.3 is 5.97 Å². The van der Waals surface area contributed by atoms with Crippen molar-refractivity contribution in [3.05, 3.63) is 62.7 Å². The average Bonchev–Trinajstić information content (AvgIpc) is 2.71. The Morgan fingerprint density at radius 2 is 2.03 bits per heavy atom. The topological polar surface area (TPSA) is 152 Å². The minimum atomic E-state index is -1.16. The van der Waals surface area contributed by atoms with Crippen LogP contribution in [-0.2, 0) is 9.59 Å². The molecule has 2 aromatic carbocycles. The lowest BCUT2D eigenvalue weighted by atomic mass is 10.1. The molecule has 0 saturated carbocycles. The van der Waals surface area contributed by atoms with Gasteiger partial charge in [-0.2, -0.15) is 5.26 Å². The van der Waals surface area contributed by atoms with Gasteiger partial charge < -0.3 is 19.9 Å². The summed E-state index contributed by atoms with van der Waals surface area (Å²) in [6.45, 7) is -0.565. The minimum Gasteiger partial charge on any atom is -0.493 e. The van der Waals surface area contributed by atoms with E-state index in [0.29, 0.717) is 5.56 Å². The second-order valence-electron chi connectivity index (χ2n) is 5.64. The number of benzene rings is 2. The summed E-state index contributed by atoms with van der Waals surface area (Å²) in [6.07, 6.45) is 1.27. The Hall–Kier alpha value is -4.10. The number of hydrogen-bond donors (Lipinski definition) is 2. The molecule has 0 aliphatic carbocycles. The lowest BCUT2D eigenvalue weighted by Crippen LogP contribution is -2.13. The molecule has 0 fully saturated rings. The number of nitrogens with zero attached hydrogens (tertiary/aromatic N) is 2. The molecule has 154 valence electrons. The molecule has 0 aliphatic heterocycles. The van der Waals surface area contributed by atoms with Crippen LogP contribution in [0.25, 0.3) is 6.08 Å². The number of carboxylic acid groups (broad SMARTS) is 1. The fourth-order valence-electron chi connectivity index (χ4n) is 2.28. The standard InChI is InChI=1S/C19H14ClN3O7/c1-29-17-7-11(2-5-16(17)30-10-18(24)25)6-12(9-21)19(26)22-13-3-4-14(20)15(8-13)23(27)28/h2-8H,10H2,1H3,(H,22,26)(H,24,25)/b12-6+. The van der Waals surface area contributed by atoms with Gasteiger partial charge in [-0.1, -0.05) is 17.7 Å². The predicted molar refractivity (Wildman–Crippen MR) is 106 cm³/mol. The van der Waals surface area contributed by atoms with Crippen molar-refractivity contribution in [2.75, 3.05) is 19.0 Å². The van der Waals surface area contributed by atoms with E-state index in [1.54, 1.807) is 6.07 Å². The quantitative estimate of drug-likeness (QED) is 0.279. The zero-order valence-corrected chi connectivity index (χ0v) is 16.2. The molecule has 2 N–H and O–H groups in total. The van der Waals surface area contributed by atoms with Gasteiger partial charge in [0, 0.05) is 11.8 Å². The van der Waals surface area contributed by atoms with E-state index >= 15 is 0 Å². The number of nitro benzene ring substituents is 1. The van der Waals surface area contributed by atoms with Gasteiger partial charge in [-0.25, -0.2) is 4.79 Å². The number of nitriles is 1. The highest BCUT2D eigenvalue weighted by atomic mass is 35.5. The van der Waals surface area contributed by atoms with E-state index in [0.717, 1.165) is 6.07 Å². The maximum Gasteiger partial charge on any atom is 0.341 e.